The van der Waals surface area contributed by atoms with Gasteiger partial charge in [0.2, 0.25) is 0 Å². The van der Waals surface area contributed by atoms with Crippen molar-refractivity contribution in [3.05, 3.63) is 29.3 Å². The normalized spacial score (nSPS) is 18.6. The van der Waals surface area contributed by atoms with E-state index in [2.05, 4.69) is 10.8 Å². The summed E-state index contributed by atoms with van der Waals surface area (Å²) in [5, 5.41) is 0. The fourth-order valence-electron chi connectivity index (χ4n) is 2.31. The van der Waals surface area contributed by atoms with E-state index in [9.17, 15) is 4.79 Å². The number of hydrogen-bond donors (Lipinski definition) is 1. The first-order chi connectivity index (χ1) is 7.22. The van der Waals surface area contributed by atoms with E-state index in [1.54, 1.807) is 0 Å². The van der Waals surface area contributed by atoms with Gasteiger partial charge in [0, 0.05) is 5.69 Å². The van der Waals surface area contributed by atoms with E-state index in [0.717, 1.165) is 24.1 Å². The smallest absolute Gasteiger partial charge is 0.306 e. The maximum Gasteiger partial charge on any atom is 0.306 e. The molecule has 1 aliphatic rings. The lowest BCUT2D eigenvalue weighted by Crippen LogP contribution is -2.07. The highest BCUT2D eigenvalue weighted by Gasteiger charge is 2.26. The first-order valence-corrected chi connectivity index (χ1v) is 5.16. The number of fused-ring (bicyclic) bond motifs is 1. The lowest BCUT2D eigenvalue weighted by molar-refractivity contribution is -0.141. The van der Waals surface area contributed by atoms with Gasteiger partial charge < -0.3 is 10.5 Å². The van der Waals surface area contributed by atoms with Gasteiger partial charge in [0.15, 0.2) is 0 Å². The molecule has 0 spiro atoms. The Morgan fingerprint density at radius 1 is 1.60 bits per heavy atom. The number of carbonyl (C=O) groups excluding carboxylic acids is 1. The number of esters is 1. The van der Waals surface area contributed by atoms with Crippen LogP contribution in [0.2, 0.25) is 0 Å². The minimum atomic E-state index is -0.156. The van der Waals surface area contributed by atoms with Crippen LogP contribution in [0.1, 0.15) is 29.9 Å². The molecule has 0 fully saturated rings. The highest BCUT2D eigenvalue weighted by atomic mass is 16.5. The Morgan fingerprint density at radius 3 is 3.13 bits per heavy atom. The topological polar surface area (TPSA) is 52.3 Å². The van der Waals surface area contributed by atoms with E-state index in [4.69, 9.17) is 5.73 Å². The third-order valence-corrected chi connectivity index (χ3v) is 3.04. The molecular weight excluding hydrogens is 190 g/mol. The average molecular weight is 205 g/mol. The molecule has 1 aromatic rings. The highest BCUT2D eigenvalue weighted by molar-refractivity contribution is 5.71. The molecule has 0 aromatic heterocycles. The van der Waals surface area contributed by atoms with Crippen LogP contribution in [0.3, 0.4) is 0 Å². The van der Waals surface area contributed by atoms with E-state index in [0.29, 0.717) is 6.42 Å². The molecule has 15 heavy (non-hydrogen) atoms. The van der Waals surface area contributed by atoms with Crippen LogP contribution in [0, 0.1) is 0 Å². The summed E-state index contributed by atoms with van der Waals surface area (Å²) in [6, 6.07) is 5.95. The highest BCUT2D eigenvalue weighted by Crippen LogP contribution is 2.38. The summed E-state index contributed by atoms with van der Waals surface area (Å²) in [6.45, 7) is 0. The fraction of sp³-hybridized carbons (Fsp3) is 0.417. The summed E-state index contributed by atoms with van der Waals surface area (Å²) < 4.78 is 4.69. The molecule has 1 atom stereocenters. The molecule has 3 heteroatoms. The van der Waals surface area contributed by atoms with Crippen LogP contribution in [0.15, 0.2) is 18.2 Å². The Morgan fingerprint density at radius 2 is 2.40 bits per heavy atom. The van der Waals surface area contributed by atoms with Gasteiger partial charge in [0.1, 0.15) is 0 Å². The van der Waals surface area contributed by atoms with E-state index in [-0.39, 0.29) is 11.9 Å². The maximum atomic E-state index is 11.2. The van der Waals surface area contributed by atoms with Crippen molar-refractivity contribution in [3.63, 3.8) is 0 Å². The molecule has 2 rings (SSSR count). The third-order valence-electron chi connectivity index (χ3n) is 3.04. The zero-order chi connectivity index (χ0) is 10.8. The summed E-state index contributed by atoms with van der Waals surface area (Å²) in [7, 11) is 1.42. The second-order valence-corrected chi connectivity index (χ2v) is 3.94. The third kappa shape index (κ3) is 1.82. The fourth-order valence-corrected chi connectivity index (χ4v) is 2.31. The zero-order valence-corrected chi connectivity index (χ0v) is 8.82. The standard InChI is InChI=1S/C12H15NO2/c1-15-11(14)7-9-6-5-8-3-2-4-10(13)12(8)9/h2-4,9H,5-7,13H2,1H3. The van der Waals surface area contributed by atoms with Gasteiger partial charge in [-0.15, -0.1) is 0 Å². The lowest BCUT2D eigenvalue weighted by Gasteiger charge is -2.12. The van der Waals surface area contributed by atoms with Crippen molar-refractivity contribution in [1.82, 2.24) is 0 Å². The molecule has 0 saturated heterocycles. The summed E-state index contributed by atoms with van der Waals surface area (Å²) in [6.07, 6.45) is 2.46. The van der Waals surface area contributed by atoms with Crippen LogP contribution >= 0.6 is 0 Å². The summed E-state index contributed by atoms with van der Waals surface area (Å²) in [4.78, 5) is 11.2. The molecule has 2 N–H and O–H groups in total. The van der Waals surface area contributed by atoms with Crippen molar-refractivity contribution in [2.24, 2.45) is 0 Å². The van der Waals surface area contributed by atoms with Gasteiger partial charge in [0.05, 0.1) is 13.5 Å². The monoisotopic (exact) mass is 205 g/mol. The van der Waals surface area contributed by atoms with E-state index in [1.807, 2.05) is 12.1 Å². The number of nitrogen functional groups attached to an aromatic ring is 1. The predicted molar refractivity (Wildman–Crippen MR) is 58.5 cm³/mol. The minimum Gasteiger partial charge on any atom is -0.469 e. The number of anilines is 1. The molecule has 0 heterocycles. The molecule has 0 aliphatic heterocycles. The van der Waals surface area contributed by atoms with Gasteiger partial charge in [-0.25, -0.2) is 0 Å². The molecule has 1 aromatic carbocycles. The molecule has 1 aliphatic carbocycles. The number of carbonyl (C=O) groups is 1. The number of nitrogens with two attached hydrogens (primary N) is 1. The number of aryl methyl sites for hydroxylation is 1. The quantitative estimate of drug-likeness (QED) is 0.592. The Hall–Kier alpha value is -1.51. The molecule has 0 saturated carbocycles. The molecule has 0 amide bonds. The first-order valence-electron chi connectivity index (χ1n) is 5.16. The lowest BCUT2D eigenvalue weighted by atomic mass is 9.96. The maximum absolute atomic E-state index is 11.2. The van der Waals surface area contributed by atoms with Crippen LogP contribution < -0.4 is 5.73 Å². The molecule has 80 valence electrons. The zero-order valence-electron chi connectivity index (χ0n) is 8.82. The van der Waals surface area contributed by atoms with Crippen molar-refractivity contribution in [3.8, 4) is 0 Å². The molecular formula is C12H15NO2. The van der Waals surface area contributed by atoms with Crippen LogP contribution in [-0.2, 0) is 16.0 Å². The number of hydrogen-bond acceptors (Lipinski definition) is 3. The molecule has 0 bridgehead atoms. The Labute approximate surface area is 89.2 Å². The van der Waals surface area contributed by atoms with E-state index < -0.39 is 0 Å². The summed E-state index contributed by atoms with van der Waals surface area (Å²) >= 11 is 0. The predicted octanol–water partition coefficient (Wildman–Crippen LogP) is 1.86. The van der Waals surface area contributed by atoms with Gasteiger partial charge >= 0.3 is 5.97 Å². The van der Waals surface area contributed by atoms with Crippen LogP contribution in [0.5, 0.6) is 0 Å². The van der Waals surface area contributed by atoms with Crippen LogP contribution in [-0.4, -0.2) is 13.1 Å². The second kappa shape index (κ2) is 3.93. The number of rotatable bonds is 2. The summed E-state index contributed by atoms with van der Waals surface area (Å²) in [5.41, 5.74) is 9.17. The van der Waals surface area contributed by atoms with Crippen molar-refractivity contribution in [1.29, 1.82) is 0 Å². The summed E-state index contributed by atoms with van der Waals surface area (Å²) in [5.74, 6) is 0.0877. The van der Waals surface area contributed by atoms with Gasteiger partial charge in [-0.05, 0) is 36.0 Å². The van der Waals surface area contributed by atoms with Crippen molar-refractivity contribution in [2.75, 3.05) is 12.8 Å². The molecule has 1 unspecified atom stereocenters. The first kappa shape index (κ1) is 10.0. The van der Waals surface area contributed by atoms with Crippen LogP contribution in [0.4, 0.5) is 5.69 Å². The van der Waals surface area contributed by atoms with Crippen LogP contribution in [0.25, 0.3) is 0 Å². The largest absolute Gasteiger partial charge is 0.469 e. The molecule has 3 nitrogen and oxygen atoms in total. The van der Waals surface area contributed by atoms with Gasteiger partial charge in [0.25, 0.3) is 0 Å². The van der Waals surface area contributed by atoms with Crippen molar-refractivity contribution >= 4 is 11.7 Å². The average Bonchev–Trinajstić information content (AvgIpc) is 2.63. The number of methoxy groups -OCH3 is 1. The Kier molecular flexibility index (Phi) is 2.62. The van der Waals surface area contributed by atoms with Crippen molar-refractivity contribution < 1.29 is 9.53 Å². The Bertz CT molecular complexity index is 387. The van der Waals surface area contributed by atoms with Crippen molar-refractivity contribution in [2.45, 2.75) is 25.2 Å². The van der Waals surface area contributed by atoms with Gasteiger partial charge in [-0.3, -0.25) is 4.79 Å². The number of ether oxygens (including phenoxy) is 1. The SMILES string of the molecule is COC(=O)CC1CCc2cccc(N)c21. The molecule has 0 radical (unpaired) electrons. The minimum absolute atomic E-state index is 0.156. The second-order valence-electron chi connectivity index (χ2n) is 3.94. The van der Waals surface area contributed by atoms with E-state index >= 15 is 0 Å². The van der Waals surface area contributed by atoms with Gasteiger partial charge in [-0.2, -0.15) is 0 Å². The van der Waals surface area contributed by atoms with E-state index in [1.165, 1.54) is 12.7 Å². The Balaban J connectivity index is 2.24. The number of benzene rings is 1. The van der Waals surface area contributed by atoms with Gasteiger partial charge in [-0.1, -0.05) is 12.1 Å².